The molecule has 0 bridgehead atoms. The van der Waals surface area contributed by atoms with Crippen molar-refractivity contribution >= 4 is 41.3 Å². The van der Waals surface area contributed by atoms with Crippen LogP contribution in [0.1, 0.15) is 47.3 Å². The fourth-order valence-electron chi connectivity index (χ4n) is 3.82. The van der Waals surface area contributed by atoms with E-state index in [-0.39, 0.29) is 24.0 Å². The predicted octanol–water partition coefficient (Wildman–Crippen LogP) is 4.50. The van der Waals surface area contributed by atoms with Gasteiger partial charge in [0.2, 0.25) is 0 Å². The summed E-state index contributed by atoms with van der Waals surface area (Å²) in [7, 11) is 0. The molecule has 8 heteroatoms. The Morgan fingerprint density at radius 2 is 1.94 bits per heavy atom. The first-order chi connectivity index (χ1) is 15.1. The van der Waals surface area contributed by atoms with Crippen molar-refractivity contribution in [2.24, 2.45) is 4.99 Å². The van der Waals surface area contributed by atoms with Crippen molar-refractivity contribution in [3.63, 3.8) is 0 Å². The van der Waals surface area contributed by atoms with Crippen molar-refractivity contribution in [1.82, 2.24) is 20.5 Å². The van der Waals surface area contributed by atoms with Crippen molar-refractivity contribution < 1.29 is 4.74 Å². The highest BCUT2D eigenvalue weighted by Gasteiger charge is 2.19. The first kappa shape index (κ1) is 27.0. The van der Waals surface area contributed by atoms with Crippen LogP contribution in [0.5, 0.6) is 0 Å². The zero-order chi connectivity index (χ0) is 21.9. The molecular formula is C24H38IN5OS. The van der Waals surface area contributed by atoms with Crippen LogP contribution in [-0.2, 0) is 17.8 Å². The van der Waals surface area contributed by atoms with Crippen molar-refractivity contribution in [3.8, 4) is 0 Å². The number of hydrogen-bond donors (Lipinski definition) is 2. The van der Waals surface area contributed by atoms with Gasteiger partial charge in [-0.2, -0.15) is 0 Å². The van der Waals surface area contributed by atoms with E-state index in [0.29, 0.717) is 12.6 Å². The summed E-state index contributed by atoms with van der Waals surface area (Å²) in [6.45, 7) is 12.6. The van der Waals surface area contributed by atoms with Gasteiger partial charge in [-0.3, -0.25) is 4.90 Å². The number of nitrogens with zero attached hydrogens (tertiary/aromatic N) is 3. The van der Waals surface area contributed by atoms with E-state index in [4.69, 9.17) is 9.73 Å². The lowest BCUT2D eigenvalue weighted by Crippen LogP contribution is -2.38. The van der Waals surface area contributed by atoms with Crippen LogP contribution in [0.3, 0.4) is 0 Å². The van der Waals surface area contributed by atoms with E-state index in [1.165, 1.54) is 10.4 Å². The van der Waals surface area contributed by atoms with Gasteiger partial charge in [-0.15, -0.1) is 35.3 Å². The summed E-state index contributed by atoms with van der Waals surface area (Å²) in [5, 5.41) is 7.85. The topological polar surface area (TPSA) is 61.8 Å². The molecule has 0 aliphatic carbocycles. The normalized spacial score (nSPS) is 15.4. The van der Waals surface area contributed by atoms with E-state index in [1.54, 1.807) is 11.3 Å². The molecule has 1 fully saturated rings. The van der Waals surface area contributed by atoms with Crippen molar-refractivity contribution in [3.05, 3.63) is 51.5 Å². The van der Waals surface area contributed by atoms with Gasteiger partial charge in [0.1, 0.15) is 0 Å². The Morgan fingerprint density at radius 3 is 2.59 bits per heavy atom. The molecule has 1 aliphatic heterocycles. The molecule has 1 aromatic heterocycles. The van der Waals surface area contributed by atoms with Gasteiger partial charge in [-0.25, -0.2) is 9.98 Å². The summed E-state index contributed by atoms with van der Waals surface area (Å²) in [6, 6.07) is 10.7. The van der Waals surface area contributed by atoms with Crippen LogP contribution in [0.4, 0.5) is 0 Å². The lowest BCUT2D eigenvalue weighted by molar-refractivity contribution is 0.00534. The standard InChI is InChI=1S/C24H37N5OS.HI/c1-4-25-24(27-17-23-19(2)28-20(3)31-23)26-13-8-16-30-22-11-14-29(15-12-22)18-21-9-6-5-7-10-21;/h5-7,9-10,22H,4,8,11-18H2,1-3H3,(H2,25,26,27);1H. The predicted molar refractivity (Wildman–Crippen MR) is 145 cm³/mol. The zero-order valence-electron chi connectivity index (χ0n) is 19.6. The Bertz CT molecular complexity index is 806. The van der Waals surface area contributed by atoms with E-state index >= 15 is 0 Å². The highest BCUT2D eigenvalue weighted by Crippen LogP contribution is 2.18. The number of ether oxygens (including phenoxy) is 1. The number of hydrogen-bond acceptors (Lipinski definition) is 5. The van der Waals surface area contributed by atoms with E-state index in [0.717, 1.165) is 75.3 Å². The van der Waals surface area contributed by atoms with E-state index < -0.39 is 0 Å². The van der Waals surface area contributed by atoms with Crippen LogP contribution in [0.2, 0.25) is 0 Å². The minimum Gasteiger partial charge on any atom is -0.378 e. The van der Waals surface area contributed by atoms with Gasteiger partial charge in [0.25, 0.3) is 0 Å². The number of guanidine groups is 1. The van der Waals surface area contributed by atoms with E-state index in [9.17, 15) is 0 Å². The number of aromatic nitrogens is 1. The molecule has 0 unspecified atom stereocenters. The summed E-state index contributed by atoms with van der Waals surface area (Å²) in [4.78, 5) is 12.9. The molecule has 2 heterocycles. The van der Waals surface area contributed by atoms with Gasteiger partial charge >= 0.3 is 0 Å². The first-order valence-electron chi connectivity index (χ1n) is 11.5. The average molecular weight is 572 g/mol. The molecule has 2 N–H and O–H groups in total. The lowest BCUT2D eigenvalue weighted by Gasteiger charge is -2.32. The maximum atomic E-state index is 6.14. The molecule has 1 aromatic carbocycles. The summed E-state index contributed by atoms with van der Waals surface area (Å²) in [5.74, 6) is 0.863. The molecule has 1 saturated heterocycles. The van der Waals surface area contributed by atoms with Gasteiger partial charge in [0, 0.05) is 44.2 Å². The number of aliphatic imine (C=N–C) groups is 1. The highest BCUT2D eigenvalue weighted by molar-refractivity contribution is 14.0. The fourth-order valence-corrected chi connectivity index (χ4v) is 4.68. The highest BCUT2D eigenvalue weighted by atomic mass is 127. The van der Waals surface area contributed by atoms with Gasteiger partial charge in [-0.1, -0.05) is 30.3 Å². The molecule has 178 valence electrons. The zero-order valence-corrected chi connectivity index (χ0v) is 22.7. The lowest BCUT2D eigenvalue weighted by atomic mass is 10.1. The van der Waals surface area contributed by atoms with Crippen molar-refractivity contribution in [2.45, 2.75) is 59.2 Å². The number of nitrogens with one attached hydrogen (secondary N) is 2. The quantitative estimate of drug-likeness (QED) is 0.190. The smallest absolute Gasteiger partial charge is 0.191 e. The summed E-state index contributed by atoms with van der Waals surface area (Å²) in [5.41, 5.74) is 2.48. The van der Waals surface area contributed by atoms with Crippen LogP contribution in [-0.4, -0.2) is 54.7 Å². The van der Waals surface area contributed by atoms with Crippen LogP contribution >= 0.6 is 35.3 Å². The second-order valence-corrected chi connectivity index (χ2v) is 9.34. The molecule has 0 saturated carbocycles. The molecule has 3 rings (SSSR count). The molecule has 0 amide bonds. The third-order valence-electron chi connectivity index (χ3n) is 5.48. The Labute approximate surface area is 214 Å². The molecule has 6 nitrogen and oxygen atoms in total. The van der Waals surface area contributed by atoms with Crippen molar-refractivity contribution in [2.75, 3.05) is 32.8 Å². The van der Waals surface area contributed by atoms with Gasteiger partial charge in [-0.05, 0) is 45.6 Å². The average Bonchev–Trinajstić information content (AvgIpc) is 3.10. The second kappa shape index (κ2) is 14.8. The number of piperidine rings is 1. The number of likely N-dealkylation sites (tertiary alicyclic amines) is 1. The minimum atomic E-state index is 0. The maximum absolute atomic E-state index is 6.14. The van der Waals surface area contributed by atoms with Gasteiger partial charge in [0.05, 0.1) is 23.4 Å². The van der Waals surface area contributed by atoms with Crippen molar-refractivity contribution in [1.29, 1.82) is 0 Å². The van der Waals surface area contributed by atoms with E-state index in [2.05, 4.69) is 64.7 Å². The molecule has 1 aliphatic rings. The molecule has 2 aromatic rings. The van der Waals surface area contributed by atoms with Gasteiger partial charge < -0.3 is 15.4 Å². The summed E-state index contributed by atoms with van der Waals surface area (Å²) >= 11 is 1.73. The minimum absolute atomic E-state index is 0. The Morgan fingerprint density at radius 1 is 1.19 bits per heavy atom. The largest absolute Gasteiger partial charge is 0.378 e. The monoisotopic (exact) mass is 571 g/mol. The first-order valence-corrected chi connectivity index (χ1v) is 12.3. The second-order valence-electron chi connectivity index (χ2n) is 8.05. The molecule has 0 radical (unpaired) electrons. The maximum Gasteiger partial charge on any atom is 0.191 e. The number of aryl methyl sites for hydroxylation is 2. The molecular weight excluding hydrogens is 533 g/mol. The van der Waals surface area contributed by atoms with Crippen LogP contribution in [0.25, 0.3) is 0 Å². The Balaban J connectivity index is 0.00000363. The Hall–Kier alpha value is -1.23. The molecule has 0 spiro atoms. The number of benzene rings is 1. The van der Waals surface area contributed by atoms with Crippen LogP contribution in [0.15, 0.2) is 35.3 Å². The third-order valence-corrected chi connectivity index (χ3v) is 6.53. The summed E-state index contributed by atoms with van der Waals surface area (Å²) in [6.07, 6.45) is 3.62. The number of halogens is 1. The third kappa shape index (κ3) is 9.33. The van der Waals surface area contributed by atoms with E-state index in [1.807, 2.05) is 6.92 Å². The van der Waals surface area contributed by atoms with Crippen LogP contribution in [0, 0.1) is 13.8 Å². The van der Waals surface area contributed by atoms with Gasteiger partial charge in [0.15, 0.2) is 5.96 Å². The SMILES string of the molecule is CCNC(=NCc1sc(C)nc1C)NCCCOC1CCN(Cc2ccccc2)CC1.I. The molecule has 32 heavy (non-hydrogen) atoms. The van der Waals surface area contributed by atoms with Crippen LogP contribution < -0.4 is 10.6 Å². The Kier molecular flexibility index (Phi) is 12.5. The number of thiazole rings is 1. The number of rotatable bonds is 10. The fraction of sp³-hybridized carbons (Fsp3) is 0.583. The molecule has 0 atom stereocenters. The summed E-state index contributed by atoms with van der Waals surface area (Å²) < 4.78 is 6.14.